The number of carbonyl (C=O) groups excluding carboxylic acids is 2. The van der Waals surface area contributed by atoms with Gasteiger partial charge in [-0.3, -0.25) is 14.5 Å². The molecule has 0 fully saturated rings. The molecule has 5 rings (SSSR count). The van der Waals surface area contributed by atoms with Crippen LogP contribution < -0.4 is 14.4 Å². The molecule has 3 aromatic carbocycles. The van der Waals surface area contributed by atoms with Crippen molar-refractivity contribution in [2.75, 3.05) is 11.7 Å². The first-order valence-electron chi connectivity index (χ1n) is 11.8. The molecule has 0 spiro atoms. The predicted octanol–water partition coefficient (Wildman–Crippen LogP) is 5.64. The Kier molecular flexibility index (Phi) is 6.03. The van der Waals surface area contributed by atoms with Gasteiger partial charge in [0, 0.05) is 18.2 Å². The molecule has 6 nitrogen and oxygen atoms in total. The van der Waals surface area contributed by atoms with Crippen LogP contribution in [-0.4, -0.2) is 23.6 Å². The van der Waals surface area contributed by atoms with Gasteiger partial charge in [0.2, 0.25) is 6.79 Å². The summed E-state index contributed by atoms with van der Waals surface area (Å²) in [5.41, 5.74) is 3.58. The van der Waals surface area contributed by atoms with Crippen molar-refractivity contribution < 1.29 is 24.2 Å². The lowest BCUT2D eigenvalue weighted by Gasteiger charge is -2.27. The Morgan fingerprint density at radius 1 is 1.00 bits per heavy atom. The Labute approximate surface area is 204 Å². The summed E-state index contributed by atoms with van der Waals surface area (Å²) in [7, 11) is 0. The molecule has 0 radical (unpaired) electrons. The first-order chi connectivity index (χ1) is 16.9. The van der Waals surface area contributed by atoms with Crippen LogP contribution in [0, 0.1) is 0 Å². The van der Waals surface area contributed by atoms with Gasteiger partial charge in [0.25, 0.3) is 5.91 Å². The molecule has 0 saturated heterocycles. The fourth-order valence-electron chi connectivity index (χ4n) is 4.61. The van der Waals surface area contributed by atoms with Gasteiger partial charge >= 0.3 is 0 Å². The highest BCUT2D eigenvalue weighted by Crippen LogP contribution is 2.44. The number of ketones is 1. The summed E-state index contributed by atoms with van der Waals surface area (Å²) in [5, 5.41) is 10.9. The van der Waals surface area contributed by atoms with Crippen molar-refractivity contribution in [2.45, 2.75) is 38.6 Å². The average Bonchev–Trinajstić information content (AvgIpc) is 3.45. The summed E-state index contributed by atoms with van der Waals surface area (Å²) >= 11 is 0. The minimum atomic E-state index is -0.743. The fourth-order valence-corrected chi connectivity index (χ4v) is 4.61. The molecule has 1 N–H and O–H groups in total. The van der Waals surface area contributed by atoms with Crippen LogP contribution in [0.3, 0.4) is 0 Å². The first kappa shape index (κ1) is 22.7. The third-order valence-electron chi connectivity index (χ3n) is 6.55. The Hall–Kier alpha value is -4.06. The number of hydrogen-bond donors (Lipinski definition) is 1. The summed E-state index contributed by atoms with van der Waals surface area (Å²) < 4.78 is 10.9. The van der Waals surface area contributed by atoms with Crippen molar-refractivity contribution >= 4 is 17.4 Å². The maximum absolute atomic E-state index is 13.5. The minimum absolute atomic E-state index is 0.111. The van der Waals surface area contributed by atoms with E-state index in [-0.39, 0.29) is 24.6 Å². The molecule has 2 aliphatic rings. The van der Waals surface area contributed by atoms with E-state index in [1.807, 2.05) is 54.6 Å². The van der Waals surface area contributed by atoms with Gasteiger partial charge < -0.3 is 14.6 Å². The van der Waals surface area contributed by atoms with Crippen LogP contribution in [0.15, 0.2) is 84.1 Å². The molecular weight excluding hydrogens is 442 g/mol. The van der Waals surface area contributed by atoms with E-state index >= 15 is 0 Å². The van der Waals surface area contributed by atoms with Crippen LogP contribution in [0.1, 0.15) is 48.9 Å². The normalized spacial score (nSPS) is 16.9. The lowest BCUT2D eigenvalue weighted by molar-refractivity contribution is -0.118. The number of hydrogen-bond acceptors (Lipinski definition) is 5. The zero-order valence-corrected chi connectivity index (χ0v) is 19.7. The number of amides is 1. The number of aliphatic hydroxyl groups excluding tert-OH is 1. The first-order valence-corrected chi connectivity index (χ1v) is 11.8. The Balaban J connectivity index is 1.53. The molecule has 6 heteroatoms. The van der Waals surface area contributed by atoms with Crippen molar-refractivity contribution in [3.8, 4) is 11.5 Å². The summed E-state index contributed by atoms with van der Waals surface area (Å²) in [6, 6.07) is 22.0. The van der Waals surface area contributed by atoms with Crippen LogP contribution >= 0.6 is 0 Å². The second-order valence-electron chi connectivity index (χ2n) is 9.11. The van der Waals surface area contributed by atoms with Crippen molar-refractivity contribution in [2.24, 2.45) is 0 Å². The lowest BCUT2D eigenvalue weighted by Crippen LogP contribution is -2.31. The number of benzene rings is 3. The van der Waals surface area contributed by atoms with E-state index in [4.69, 9.17) is 9.47 Å². The smallest absolute Gasteiger partial charge is 0.294 e. The molecule has 178 valence electrons. The number of rotatable bonds is 7. The highest BCUT2D eigenvalue weighted by molar-refractivity contribution is 6.16. The standard InChI is InChI=1S/C29H27NO5/c1-18(2)20-9-11-21(12-10-20)27-26(23(31)14-8-19-6-4-3-5-7-19)28(32)29(33)30(27)22-13-15-24-25(16-22)35-17-34-24/h3-7,9-13,15-16,18,27,32H,8,14,17H2,1-2H3. The third kappa shape index (κ3) is 4.28. The largest absolute Gasteiger partial charge is 0.503 e. The minimum Gasteiger partial charge on any atom is -0.503 e. The van der Waals surface area contributed by atoms with Gasteiger partial charge in [-0.2, -0.15) is 0 Å². The summed E-state index contributed by atoms with van der Waals surface area (Å²) in [5.74, 6) is 0.0988. The van der Waals surface area contributed by atoms with Crippen LogP contribution in [0.4, 0.5) is 5.69 Å². The van der Waals surface area contributed by atoms with Gasteiger partial charge in [-0.1, -0.05) is 68.4 Å². The number of aliphatic hydroxyl groups is 1. The zero-order chi connectivity index (χ0) is 24.5. The van der Waals surface area contributed by atoms with E-state index < -0.39 is 17.7 Å². The van der Waals surface area contributed by atoms with Crippen molar-refractivity contribution in [3.05, 3.63) is 101 Å². The number of fused-ring (bicyclic) bond motifs is 1. The van der Waals surface area contributed by atoms with Gasteiger partial charge in [0.15, 0.2) is 23.0 Å². The van der Waals surface area contributed by atoms with Gasteiger partial charge in [0.05, 0.1) is 11.6 Å². The number of nitrogens with zero attached hydrogens (tertiary/aromatic N) is 1. The molecule has 1 amide bonds. The topological polar surface area (TPSA) is 76.1 Å². The number of carbonyl (C=O) groups is 2. The van der Waals surface area contributed by atoms with Crippen molar-refractivity contribution in [3.63, 3.8) is 0 Å². The van der Waals surface area contributed by atoms with Crippen LogP contribution in [-0.2, 0) is 16.0 Å². The Morgan fingerprint density at radius 2 is 1.71 bits per heavy atom. The molecular formula is C29H27NO5. The number of Topliss-reactive ketones (excluding diaryl/α,β-unsaturated/α-hetero) is 1. The highest BCUT2D eigenvalue weighted by Gasteiger charge is 2.44. The Bertz CT molecular complexity index is 1290. The number of ether oxygens (including phenoxy) is 2. The van der Waals surface area contributed by atoms with E-state index in [0.29, 0.717) is 29.5 Å². The fraction of sp³-hybridized carbons (Fsp3) is 0.241. The molecule has 1 unspecified atom stereocenters. The zero-order valence-electron chi connectivity index (χ0n) is 19.7. The van der Waals surface area contributed by atoms with Gasteiger partial charge in [-0.25, -0.2) is 0 Å². The van der Waals surface area contributed by atoms with Gasteiger partial charge in [-0.05, 0) is 41.2 Å². The lowest BCUT2D eigenvalue weighted by atomic mass is 9.91. The third-order valence-corrected chi connectivity index (χ3v) is 6.55. The van der Waals surface area contributed by atoms with E-state index in [0.717, 1.165) is 16.7 Å². The molecule has 0 bridgehead atoms. The molecule has 2 aliphatic heterocycles. The van der Waals surface area contributed by atoms with E-state index in [9.17, 15) is 14.7 Å². The summed E-state index contributed by atoms with van der Waals surface area (Å²) in [6.45, 7) is 4.33. The predicted molar refractivity (Wildman–Crippen MR) is 133 cm³/mol. The molecule has 1 atom stereocenters. The maximum Gasteiger partial charge on any atom is 0.294 e. The Morgan fingerprint density at radius 3 is 2.43 bits per heavy atom. The second-order valence-corrected chi connectivity index (χ2v) is 9.11. The van der Waals surface area contributed by atoms with E-state index in [2.05, 4.69) is 13.8 Å². The van der Waals surface area contributed by atoms with Crippen LogP contribution in [0.2, 0.25) is 0 Å². The number of anilines is 1. The molecule has 0 aliphatic carbocycles. The van der Waals surface area contributed by atoms with E-state index in [1.54, 1.807) is 18.2 Å². The van der Waals surface area contributed by atoms with E-state index in [1.165, 1.54) is 4.90 Å². The molecule has 3 aromatic rings. The molecule has 2 heterocycles. The quantitative estimate of drug-likeness (QED) is 0.485. The van der Waals surface area contributed by atoms with Crippen molar-refractivity contribution in [1.29, 1.82) is 0 Å². The second kappa shape index (κ2) is 9.29. The van der Waals surface area contributed by atoms with Crippen LogP contribution in [0.25, 0.3) is 0 Å². The summed E-state index contributed by atoms with van der Waals surface area (Å²) in [4.78, 5) is 28.3. The van der Waals surface area contributed by atoms with Crippen LogP contribution in [0.5, 0.6) is 11.5 Å². The number of aryl methyl sites for hydroxylation is 1. The molecule has 0 aromatic heterocycles. The monoisotopic (exact) mass is 469 g/mol. The molecule has 35 heavy (non-hydrogen) atoms. The summed E-state index contributed by atoms with van der Waals surface area (Å²) in [6.07, 6.45) is 0.708. The molecule has 0 saturated carbocycles. The SMILES string of the molecule is CC(C)c1ccc(C2C(C(=O)CCc3ccccc3)=C(O)C(=O)N2c2ccc3c(c2)OCO3)cc1. The van der Waals surface area contributed by atoms with Gasteiger partial charge in [0.1, 0.15) is 0 Å². The highest BCUT2D eigenvalue weighted by atomic mass is 16.7. The van der Waals surface area contributed by atoms with Gasteiger partial charge in [-0.15, -0.1) is 0 Å². The maximum atomic E-state index is 13.5. The van der Waals surface area contributed by atoms with Crippen molar-refractivity contribution in [1.82, 2.24) is 0 Å². The average molecular weight is 470 g/mol.